The lowest BCUT2D eigenvalue weighted by Gasteiger charge is -2.26. The Morgan fingerprint density at radius 2 is 1.89 bits per heavy atom. The fraction of sp³-hybridized carbons (Fsp3) is 0.545. The van der Waals surface area contributed by atoms with E-state index in [1.54, 1.807) is 0 Å². The Kier molecular flexibility index (Phi) is 8.45. The Labute approximate surface area is 174 Å². The molecule has 28 heavy (non-hydrogen) atoms. The molecule has 0 aliphatic carbocycles. The zero-order chi connectivity index (χ0) is 20.7. The molecule has 1 heterocycles. The second-order valence-corrected chi connectivity index (χ2v) is 8.22. The number of nitrogens with one attached hydrogen (secondary N) is 2. The van der Waals surface area contributed by atoms with E-state index in [0.29, 0.717) is 6.54 Å². The number of aryl methyl sites for hydroxylation is 2. The molecule has 2 rings (SSSR count). The molecule has 2 aromatic rings. The van der Waals surface area contributed by atoms with E-state index in [1.807, 2.05) is 19.1 Å². The first-order chi connectivity index (χ1) is 13.3. The predicted molar refractivity (Wildman–Crippen MR) is 123 cm³/mol. The topological polar surface area (TPSA) is 51.4 Å². The summed E-state index contributed by atoms with van der Waals surface area (Å²) in [6.45, 7) is 9.49. The van der Waals surface area contributed by atoms with Crippen LogP contribution in [0.2, 0.25) is 0 Å². The summed E-state index contributed by atoms with van der Waals surface area (Å²) in [4.78, 5) is 20.0. The summed E-state index contributed by atoms with van der Waals surface area (Å²) in [5.41, 5.74) is 3.94. The van der Waals surface area contributed by atoms with E-state index in [2.05, 4.69) is 54.1 Å². The predicted octanol–water partition coefficient (Wildman–Crippen LogP) is 3.57. The van der Waals surface area contributed by atoms with Crippen molar-refractivity contribution in [1.29, 1.82) is 0 Å². The maximum Gasteiger partial charge on any atom is 0.253 e. The lowest BCUT2D eigenvalue weighted by atomic mass is 10.0. The number of thiocarbonyl (C=S) groups is 1. The SMILES string of the molecule is CCCCNC(=S)N(CCCN(C)C)Cc1cc2c(C)cc(C)cc2[nH]c1=O. The van der Waals surface area contributed by atoms with Gasteiger partial charge in [-0.3, -0.25) is 4.79 Å². The molecule has 0 saturated heterocycles. The number of aromatic amines is 1. The molecule has 0 aliphatic rings. The number of pyridine rings is 1. The molecule has 5 nitrogen and oxygen atoms in total. The summed E-state index contributed by atoms with van der Waals surface area (Å²) in [6, 6.07) is 6.20. The maximum atomic E-state index is 12.7. The Morgan fingerprint density at radius 3 is 2.57 bits per heavy atom. The molecule has 0 radical (unpaired) electrons. The van der Waals surface area contributed by atoms with Gasteiger partial charge < -0.3 is 20.1 Å². The molecule has 1 aromatic carbocycles. The first-order valence-electron chi connectivity index (χ1n) is 10.1. The van der Waals surface area contributed by atoms with Crippen LogP contribution in [0.5, 0.6) is 0 Å². The van der Waals surface area contributed by atoms with Gasteiger partial charge in [-0.15, -0.1) is 0 Å². The third-order valence-corrected chi connectivity index (χ3v) is 5.28. The van der Waals surface area contributed by atoms with Crippen LogP contribution in [0.15, 0.2) is 23.0 Å². The van der Waals surface area contributed by atoms with Crippen molar-refractivity contribution in [2.45, 2.75) is 46.6 Å². The van der Waals surface area contributed by atoms with Crippen molar-refractivity contribution in [1.82, 2.24) is 20.1 Å². The standard InChI is InChI=1S/C22H34N4OS/c1-6-7-9-23-22(28)26(11-8-10-25(4)5)15-18-14-19-17(3)12-16(2)13-20(19)24-21(18)27/h12-14H,6-11,15H2,1-5H3,(H,23,28)(H,24,27). The Morgan fingerprint density at radius 1 is 1.14 bits per heavy atom. The van der Waals surface area contributed by atoms with Gasteiger partial charge >= 0.3 is 0 Å². The number of unbranched alkanes of at least 4 members (excludes halogenated alkanes) is 1. The molecule has 6 heteroatoms. The second-order valence-electron chi connectivity index (χ2n) is 7.83. The molecule has 1 aromatic heterocycles. The number of benzene rings is 1. The van der Waals surface area contributed by atoms with Crippen LogP contribution < -0.4 is 10.9 Å². The van der Waals surface area contributed by atoms with Crippen LogP contribution in [0.25, 0.3) is 10.9 Å². The van der Waals surface area contributed by atoms with Crippen LogP contribution in [-0.2, 0) is 6.54 Å². The van der Waals surface area contributed by atoms with E-state index in [9.17, 15) is 4.79 Å². The zero-order valence-electron chi connectivity index (χ0n) is 17.9. The van der Waals surface area contributed by atoms with Crippen molar-refractivity contribution >= 4 is 28.2 Å². The quantitative estimate of drug-likeness (QED) is 0.496. The number of aromatic nitrogens is 1. The maximum absolute atomic E-state index is 12.7. The van der Waals surface area contributed by atoms with Gasteiger partial charge in [0.25, 0.3) is 5.56 Å². The summed E-state index contributed by atoms with van der Waals surface area (Å²) in [5.74, 6) is 0. The van der Waals surface area contributed by atoms with Crippen LogP contribution >= 0.6 is 12.2 Å². The highest BCUT2D eigenvalue weighted by atomic mass is 32.1. The summed E-state index contributed by atoms with van der Waals surface area (Å²) in [6.07, 6.45) is 3.20. The Balaban J connectivity index is 2.24. The third-order valence-electron chi connectivity index (χ3n) is 4.88. The molecule has 0 atom stereocenters. The van der Waals surface area contributed by atoms with Crippen LogP contribution in [0, 0.1) is 13.8 Å². The average Bonchev–Trinajstić information content (AvgIpc) is 2.61. The van der Waals surface area contributed by atoms with E-state index in [1.165, 1.54) is 5.56 Å². The van der Waals surface area contributed by atoms with Crippen molar-refractivity contribution in [2.24, 2.45) is 0 Å². The lowest BCUT2D eigenvalue weighted by molar-refractivity contribution is 0.340. The summed E-state index contributed by atoms with van der Waals surface area (Å²) < 4.78 is 0. The van der Waals surface area contributed by atoms with E-state index < -0.39 is 0 Å². The fourth-order valence-electron chi connectivity index (χ4n) is 3.35. The molecule has 0 aliphatic heterocycles. The van der Waals surface area contributed by atoms with Crippen molar-refractivity contribution in [3.63, 3.8) is 0 Å². The van der Waals surface area contributed by atoms with Gasteiger partial charge in [-0.05, 0) is 82.8 Å². The molecule has 0 bridgehead atoms. The summed E-state index contributed by atoms with van der Waals surface area (Å²) in [5, 5.41) is 5.17. The summed E-state index contributed by atoms with van der Waals surface area (Å²) >= 11 is 5.64. The number of H-pyrrole nitrogens is 1. The Hall–Kier alpha value is -1.92. The highest BCUT2D eigenvalue weighted by Gasteiger charge is 2.14. The second kappa shape index (κ2) is 10.6. The van der Waals surface area contributed by atoms with Crippen molar-refractivity contribution < 1.29 is 0 Å². The van der Waals surface area contributed by atoms with E-state index in [4.69, 9.17) is 12.2 Å². The molecular weight excluding hydrogens is 368 g/mol. The molecule has 154 valence electrons. The molecule has 0 fully saturated rings. The number of hydrogen-bond acceptors (Lipinski definition) is 3. The van der Waals surface area contributed by atoms with Gasteiger partial charge in [0, 0.05) is 29.6 Å². The molecular formula is C22H34N4OS. The van der Waals surface area contributed by atoms with Gasteiger partial charge in [0.2, 0.25) is 0 Å². The number of hydrogen-bond donors (Lipinski definition) is 2. The number of nitrogens with zero attached hydrogens (tertiary/aromatic N) is 2. The van der Waals surface area contributed by atoms with E-state index in [0.717, 1.165) is 66.0 Å². The van der Waals surface area contributed by atoms with Gasteiger partial charge in [-0.1, -0.05) is 19.4 Å². The fourth-order valence-corrected chi connectivity index (χ4v) is 3.61. The van der Waals surface area contributed by atoms with Crippen LogP contribution in [0.4, 0.5) is 0 Å². The van der Waals surface area contributed by atoms with Gasteiger partial charge in [0.05, 0.1) is 6.54 Å². The smallest absolute Gasteiger partial charge is 0.253 e. The molecule has 0 spiro atoms. The minimum atomic E-state index is -0.0357. The normalized spacial score (nSPS) is 11.2. The Bertz CT molecular complexity index is 859. The van der Waals surface area contributed by atoms with Crippen LogP contribution in [0.3, 0.4) is 0 Å². The van der Waals surface area contributed by atoms with Crippen molar-refractivity contribution in [3.05, 3.63) is 45.2 Å². The monoisotopic (exact) mass is 402 g/mol. The number of fused-ring (bicyclic) bond motifs is 1. The lowest BCUT2D eigenvalue weighted by Crippen LogP contribution is -2.41. The highest BCUT2D eigenvalue weighted by molar-refractivity contribution is 7.80. The van der Waals surface area contributed by atoms with Gasteiger partial charge in [0.15, 0.2) is 5.11 Å². The van der Waals surface area contributed by atoms with Gasteiger partial charge in [0.1, 0.15) is 0 Å². The summed E-state index contributed by atoms with van der Waals surface area (Å²) in [7, 11) is 4.14. The van der Waals surface area contributed by atoms with Gasteiger partial charge in [-0.25, -0.2) is 0 Å². The van der Waals surface area contributed by atoms with Crippen LogP contribution in [0.1, 0.15) is 42.9 Å². The molecule has 0 amide bonds. The minimum Gasteiger partial charge on any atom is -0.363 e. The van der Waals surface area contributed by atoms with E-state index in [-0.39, 0.29) is 5.56 Å². The average molecular weight is 403 g/mol. The first-order valence-corrected chi connectivity index (χ1v) is 10.5. The number of rotatable bonds is 9. The largest absolute Gasteiger partial charge is 0.363 e. The molecule has 2 N–H and O–H groups in total. The molecule has 0 saturated carbocycles. The first kappa shape index (κ1) is 22.4. The van der Waals surface area contributed by atoms with Gasteiger partial charge in [-0.2, -0.15) is 0 Å². The third kappa shape index (κ3) is 6.31. The van der Waals surface area contributed by atoms with E-state index >= 15 is 0 Å². The van der Waals surface area contributed by atoms with Crippen molar-refractivity contribution in [2.75, 3.05) is 33.7 Å². The molecule has 0 unspecified atom stereocenters. The highest BCUT2D eigenvalue weighted by Crippen LogP contribution is 2.19. The van der Waals surface area contributed by atoms with Crippen LogP contribution in [-0.4, -0.2) is 53.6 Å². The minimum absolute atomic E-state index is 0.0357. The zero-order valence-corrected chi connectivity index (χ0v) is 18.7. The van der Waals surface area contributed by atoms with Crippen molar-refractivity contribution in [3.8, 4) is 0 Å².